The molecule has 0 radical (unpaired) electrons. The van der Waals surface area contributed by atoms with Gasteiger partial charge in [0.15, 0.2) is 24.4 Å². The first-order valence-corrected chi connectivity index (χ1v) is 15.6. The quantitative estimate of drug-likeness (QED) is 0.0459. The second kappa shape index (κ2) is 27.3. The first kappa shape index (κ1) is 43.2. The van der Waals surface area contributed by atoms with Gasteiger partial charge in [-0.05, 0) is 53.4 Å². The molecule has 48 heavy (non-hydrogen) atoms. The molecular formula is C30H46N4O14. The van der Waals surface area contributed by atoms with Crippen molar-refractivity contribution in [3.05, 3.63) is 0 Å². The van der Waals surface area contributed by atoms with E-state index in [9.17, 15) is 38.4 Å². The second-order valence-electron chi connectivity index (χ2n) is 10.2. The van der Waals surface area contributed by atoms with Gasteiger partial charge in [-0.25, -0.2) is 48.3 Å². The number of carbonyl (C=O) groups is 6. The summed E-state index contributed by atoms with van der Waals surface area (Å²) in [6.45, 7) is 5.63. The number of alkyl carbamates (subject to hydrolysis) is 2. The van der Waals surface area contributed by atoms with Crippen molar-refractivity contribution in [3.63, 3.8) is 0 Å². The van der Waals surface area contributed by atoms with Gasteiger partial charge in [0.2, 0.25) is 12.2 Å². The molecule has 0 aromatic rings. The molecule has 0 heterocycles. The van der Waals surface area contributed by atoms with Crippen LogP contribution in [-0.2, 0) is 57.2 Å². The van der Waals surface area contributed by atoms with E-state index in [1.807, 2.05) is 0 Å². The lowest BCUT2D eigenvalue weighted by atomic mass is 10.2. The predicted octanol–water partition coefficient (Wildman–Crippen LogP) is 1.96. The van der Waals surface area contributed by atoms with Crippen LogP contribution in [0.4, 0.5) is 9.59 Å². The van der Waals surface area contributed by atoms with Gasteiger partial charge in [-0.1, -0.05) is 25.7 Å². The highest BCUT2D eigenvalue weighted by Gasteiger charge is 2.27. The van der Waals surface area contributed by atoms with Crippen LogP contribution >= 0.6 is 0 Å². The SMILES string of the molecule is CC(OC(=O)NCCCCCCN=C=O)C(=O)OC(C)C(=O)OCCOC(=O)C(C)OC(=O)C(C)OC(=O)NCCCCCCN=C=O. The van der Waals surface area contributed by atoms with E-state index in [4.69, 9.17) is 28.4 Å². The summed E-state index contributed by atoms with van der Waals surface area (Å²) in [7, 11) is 0. The number of unbranched alkanes of at least 4 members (excludes halogenated alkanes) is 6. The molecule has 4 unspecified atom stereocenters. The van der Waals surface area contributed by atoms with Gasteiger partial charge >= 0.3 is 36.1 Å². The maximum absolute atomic E-state index is 12.2. The Balaban J connectivity index is 4.17. The number of isocyanates is 2. The fourth-order valence-electron chi connectivity index (χ4n) is 3.47. The maximum atomic E-state index is 12.2. The largest absolute Gasteiger partial charge is 0.459 e. The third-order valence-electron chi connectivity index (χ3n) is 6.11. The van der Waals surface area contributed by atoms with E-state index in [0.29, 0.717) is 39.0 Å². The van der Waals surface area contributed by atoms with Gasteiger partial charge in [-0.15, -0.1) is 0 Å². The summed E-state index contributed by atoms with van der Waals surface area (Å²) in [5.41, 5.74) is 0. The Bertz CT molecular complexity index is 1030. The van der Waals surface area contributed by atoms with Gasteiger partial charge in [-0.3, -0.25) is 0 Å². The topological polar surface area (TPSA) is 241 Å². The van der Waals surface area contributed by atoms with Gasteiger partial charge in [0, 0.05) is 13.1 Å². The lowest BCUT2D eigenvalue weighted by Crippen LogP contribution is -2.37. The number of nitrogens with one attached hydrogen (secondary N) is 2. The highest BCUT2D eigenvalue weighted by atomic mass is 16.6. The van der Waals surface area contributed by atoms with Crippen molar-refractivity contribution in [1.29, 1.82) is 0 Å². The minimum Gasteiger partial charge on any atom is -0.459 e. The van der Waals surface area contributed by atoms with Crippen molar-refractivity contribution in [2.75, 3.05) is 39.4 Å². The summed E-state index contributed by atoms with van der Waals surface area (Å²) in [5, 5.41) is 4.98. The lowest BCUT2D eigenvalue weighted by molar-refractivity contribution is -0.175. The molecular weight excluding hydrogens is 640 g/mol. The summed E-state index contributed by atoms with van der Waals surface area (Å²) in [6.07, 6.45) is 1.88. The van der Waals surface area contributed by atoms with Gasteiger partial charge in [-0.2, -0.15) is 0 Å². The van der Waals surface area contributed by atoms with Crippen molar-refractivity contribution >= 4 is 48.2 Å². The molecule has 270 valence electrons. The Morgan fingerprint density at radius 1 is 0.500 bits per heavy atom. The molecule has 0 rings (SSSR count). The molecule has 0 aromatic heterocycles. The maximum Gasteiger partial charge on any atom is 0.407 e. The van der Waals surface area contributed by atoms with Crippen LogP contribution in [-0.4, -0.2) is 112 Å². The molecule has 0 aliphatic carbocycles. The fourth-order valence-corrected chi connectivity index (χ4v) is 3.47. The van der Waals surface area contributed by atoms with Gasteiger partial charge in [0.05, 0.1) is 13.1 Å². The van der Waals surface area contributed by atoms with Crippen LogP contribution in [0.1, 0.15) is 79.1 Å². The van der Waals surface area contributed by atoms with Gasteiger partial charge in [0.1, 0.15) is 13.2 Å². The van der Waals surface area contributed by atoms with Crippen LogP contribution in [0.3, 0.4) is 0 Å². The lowest BCUT2D eigenvalue weighted by Gasteiger charge is -2.18. The average Bonchev–Trinajstić information content (AvgIpc) is 3.04. The number of nitrogens with zero attached hydrogens (tertiary/aromatic N) is 2. The Morgan fingerprint density at radius 3 is 1.19 bits per heavy atom. The van der Waals surface area contributed by atoms with Crippen molar-refractivity contribution < 1.29 is 66.8 Å². The van der Waals surface area contributed by atoms with Crippen molar-refractivity contribution in [2.24, 2.45) is 9.98 Å². The van der Waals surface area contributed by atoms with E-state index in [1.165, 1.54) is 39.9 Å². The monoisotopic (exact) mass is 686 g/mol. The van der Waals surface area contributed by atoms with Crippen LogP contribution in [0.15, 0.2) is 9.98 Å². The predicted molar refractivity (Wildman–Crippen MR) is 164 cm³/mol. The Hall–Kier alpha value is -4.82. The molecule has 0 aromatic carbocycles. The van der Waals surface area contributed by atoms with E-state index in [0.717, 1.165) is 38.5 Å². The summed E-state index contributed by atoms with van der Waals surface area (Å²) in [5.74, 6) is -3.89. The molecule has 4 atom stereocenters. The summed E-state index contributed by atoms with van der Waals surface area (Å²) >= 11 is 0. The van der Waals surface area contributed by atoms with Crippen LogP contribution in [0, 0.1) is 0 Å². The van der Waals surface area contributed by atoms with Crippen LogP contribution in [0.25, 0.3) is 0 Å². The highest BCUT2D eigenvalue weighted by molar-refractivity contribution is 5.83. The molecule has 0 fully saturated rings. The standard InChI is InChI=1S/C30H46N4O14/c1-21(45-27(39)23(3)47-29(41)33-15-11-7-5-9-13-31-19-35)25(37)43-17-18-44-26(38)22(2)46-28(40)24(4)48-30(42)34-16-12-8-6-10-14-32-20-36/h21-24H,5-18H2,1-4H3,(H,33,41)(H,34,42). The molecule has 0 bridgehead atoms. The van der Waals surface area contributed by atoms with Crippen molar-refractivity contribution in [3.8, 4) is 0 Å². The van der Waals surface area contributed by atoms with E-state index >= 15 is 0 Å². The first-order valence-electron chi connectivity index (χ1n) is 15.6. The summed E-state index contributed by atoms with van der Waals surface area (Å²) < 4.78 is 29.6. The van der Waals surface area contributed by atoms with Gasteiger partial charge < -0.3 is 39.1 Å². The number of hydrogen-bond acceptors (Lipinski definition) is 16. The molecule has 2 amide bonds. The number of ether oxygens (including phenoxy) is 6. The minimum atomic E-state index is -1.36. The third-order valence-corrected chi connectivity index (χ3v) is 6.11. The zero-order valence-corrected chi connectivity index (χ0v) is 27.8. The number of amides is 2. The number of esters is 4. The molecule has 0 aliphatic heterocycles. The van der Waals surface area contributed by atoms with E-state index in [-0.39, 0.29) is 0 Å². The number of hydrogen-bond donors (Lipinski definition) is 2. The van der Waals surface area contributed by atoms with E-state index < -0.39 is 73.7 Å². The second-order valence-corrected chi connectivity index (χ2v) is 10.2. The molecule has 0 spiro atoms. The number of carbonyl (C=O) groups excluding carboxylic acids is 8. The summed E-state index contributed by atoms with van der Waals surface area (Å²) in [6, 6.07) is 0. The van der Waals surface area contributed by atoms with E-state index in [2.05, 4.69) is 20.6 Å². The zero-order chi connectivity index (χ0) is 36.2. The zero-order valence-electron chi connectivity index (χ0n) is 27.8. The van der Waals surface area contributed by atoms with Crippen LogP contribution in [0.2, 0.25) is 0 Å². The molecule has 18 heteroatoms. The van der Waals surface area contributed by atoms with E-state index in [1.54, 1.807) is 0 Å². The fraction of sp³-hybridized carbons (Fsp3) is 0.733. The van der Waals surface area contributed by atoms with Gasteiger partial charge in [0.25, 0.3) is 0 Å². The normalized spacial score (nSPS) is 12.7. The number of aliphatic imine (C=N–C) groups is 2. The van der Waals surface area contributed by atoms with Crippen molar-refractivity contribution in [1.82, 2.24) is 10.6 Å². The molecule has 0 saturated carbocycles. The number of rotatable bonds is 25. The van der Waals surface area contributed by atoms with Crippen molar-refractivity contribution in [2.45, 2.75) is 103 Å². The molecule has 2 N–H and O–H groups in total. The molecule has 0 aliphatic rings. The third kappa shape index (κ3) is 22.6. The molecule has 0 saturated heterocycles. The highest BCUT2D eigenvalue weighted by Crippen LogP contribution is 2.05. The smallest absolute Gasteiger partial charge is 0.407 e. The van der Waals surface area contributed by atoms with Crippen LogP contribution in [0.5, 0.6) is 0 Å². The Kier molecular flexibility index (Phi) is 24.6. The minimum absolute atomic E-state index is 0.309. The molecule has 18 nitrogen and oxygen atoms in total. The first-order chi connectivity index (χ1) is 22.9. The Morgan fingerprint density at radius 2 is 0.833 bits per heavy atom. The Labute approximate surface area is 278 Å². The summed E-state index contributed by atoms with van der Waals surface area (Å²) in [4.78, 5) is 99.2. The average molecular weight is 687 g/mol. The van der Waals surface area contributed by atoms with Crippen LogP contribution < -0.4 is 10.6 Å².